The van der Waals surface area contributed by atoms with Crippen molar-refractivity contribution in [3.63, 3.8) is 0 Å². The van der Waals surface area contributed by atoms with Gasteiger partial charge in [-0.05, 0) is 51.0 Å². The summed E-state index contributed by atoms with van der Waals surface area (Å²) in [6.45, 7) is 8.12. The Hall–Kier alpha value is -1.35. The lowest BCUT2D eigenvalue weighted by Crippen LogP contribution is -2.36. The van der Waals surface area contributed by atoms with Crippen LogP contribution in [0.25, 0.3) is 0 Å². The molecule has 0 aliphatic heterocycles. The van der Waals surface area contributed by atoms with Crippen molar-refractivity contribution in [3.8, 4) is 0 Å². The second-order valence-electron chi connectivity index (χ2n) is 4.86. The molecule has 98 valence electrons. The van der Waals surface area contributed by atoms with Crippen LogP contribution in [0, 0.1) is 13.8 Å². The van der Waals surface area contributed by atoms with Crippen LogP contribution in [0.4, 0.5) is 0 Å². The van der Waals surface area contributed by atoms with E-state index in [1.54, 1.807) is 26.0 Å². The maximum atomic E-state index is 12.3. The fourth-order valence-electron chi connectivity index (χ4n) is 1.83. The first-order valence-electron chi connectivity index (χ1n) is 5.66. The van der Waals surface area contributed by atoms with Gasteiger partial charge >= 0.3 is 5.97 Å². The molecular weight excluding hydrogens is 252 g/mol. The average Bonchev–Trinajstić information content (AvgIpc) is 2.22. The van der Waals surface area contributed by atoms with Crippen LogP contribution in [-0.2, 0) is 9.53 Å². The van der Waals surface area contributed by atoms with Gasteiger partial charge in [0.2, 0.25) is 5.78 Å². The third-order valence-corrected chi connectivity index (χ3v) is 3.24. The Balaban J connectivity index is 3.15. The summed E-state index contributed by atoms with van der Waals surface area (Å²) in [4.78, 5) is 23.3. The number of carbonyl (C=O) groups excluding carboxylic acids is 2. The van der Waals surface area contributed by atoms with Crippen LogP contribution in [0.3, 0.4) is 0 Å². The molecule has 0 aromatic heterocycles. The molecule has 1 aromatic rings. The molecule has 0 saturated heterocycles. The number of halogens is 1. The highest BCUT2D eigenvalue weighted by atomic mass is 35.5. The lowest BCUT2D eigenvalue weighted by Gasteiger charge is -2.23. The lowest BCUT2D eigenvalue weighted by molar-refractivity contribution is -0.149. The summed E-state index contributed by atoms with van der Waals surface area (Å²) in [6.07, 6.45) is 0. The van der Waals surface area contributed by atoms with Crippen LogP contribution in [0.1, 0.15) is 42.3 Å². The van der Waals surface area contributed by atoms with E-state index in [0.717, 1.165) is 11.1 Å². The van der Waals surface area contributed by atoms with E-state index in [2.05, 4.69) is 0 Å². The second kappa shape index (κ2) is 5.11. The number of Topliss-reactive ketones (excluding diaryl/α,β-unsaturated/α-hetero) is 1. The van der Waals surface area contributed by atoms with Gasteiger partial charge in [0, 0.05) is 17.5 Å². The van der Waals surface area contributed by atoms with Crippen LogP contribution in [0.2, 0.25) is 5.02 Å². The predicted octanol–water partition coefficient (Wildman–Crippen LogP) is 3.48. The van der Waals surface area contributed by atoms with E-state index in [-0.39, 0.29) is 5.78 Å². The van der Waals surface area contributed by atoms with Crippen molar-refractivity contribution in [3.05, 3.63) is 33.8 Å². The largest absolute Gasteiger partial charge is 0.451 e. The molecule has 1 rings (SSSR count). The van der Waals surface area contributed by atoms with Crippen molar-refractivity contribution in [2.24, 2.45) is 0 Å². The monoisotopic (exact) mass is 268 g/mol. The summed E-state index contributed by atoms with van der Waals surface area (Å²) in [5, 5.41) is 0.650. The fourth-order valence-corrected chi connectivity index (χ4v) is 1.94. The van der Waals surface area contributed by atoms with E-state index >= 15 is 0 Å². The van der Waals surface area contributed by atoms with E-state index in [1.165, 1.54) is 6.92 Å². The Morgan fingerprint density at radius 3 is 2.00 bits per heavy atom. The zero-order valence-corrected chi connectivity index (χ0v) is 12.0. The summed E-state index contributed by atoms with van der Waals surface area (Å²) in [5.74, 6) is -0.712. The Morgan fingerprint density at radius 1 is 1.17 bits per heavy atom. The molecular formula is C14H17ClO3. The summed E-state index contributed by atoms with van der Waals surface area (Å²) >= 11 is 6.06. The molecule has 0 saturated carbocycles. The molecule has 0 atom stereocenters. The fraction of sp³-hybridized carbons (Fsp3) is 0.429. The van der Waals surface area contributed by atoms with Crippen LogP contribution in [0.5, 0.6) is 0 Å². The number of ketones is 1. The molecule has 3 nitrogen and oxygen atoms in total. The number of rotatable bonds is 3. The SMILES string of the molecule is CC(=O)OC(C)(C)C(=O)c1cc(C)c(Cl)c(C)c1. The number of hydrogen-bond donors (Lipinski definition) is 0. The molecule has 0 unspecified atom stereocenters. The van der Waals surface area contributed by atoms with Crippen LogP contribution in [0.15, 0.2) is 12.1 Å². The Morgan fingerprint density at radius 2 is 1.61 bits per heavy atom. The van der Waals surface area contributed by atoms with Crippen molar-refractivity contribution in [1.82, 2.24) is 0 Å². The average molecular weight is 269 g/mol. The first-order valence-corrected chi connectivity index (χ1v) is 6.04. The molecule has 0 heterocycles. The van der Waals surface area contributed by atoms with Gasteiger partial charge in [-0.25, -0.2) is 0 Å². The number of carbonyl (C=O) groups is 2. The standard InChI is InChI=1S/C14H17ClO3/c1-8-6-11(7-9(2)12(8)15)13(17)14(4,5)18-10(3)16/h6-7H,1-5H3. The zero-order chi connectivity index (χ0) is 14.1. The predicted molar refractivity (Wildman–Crippen MR) is 71.1 cm³/mol. The van der Waals surface area contributed by atoms with Gasteiger partial charge in [-0.15, -0.1) is 0 Å². The Labute approximate surface area is 112 Å². The number of aryl methyl sites for hydroxylation is 2. The minimum Gasteiger partial charge on any atom is -0.451 e. The maximum absolute atomic E-state index is 12.3. The molecule has 4 heteroatoms. The second-order valence-corrected chi connectivity index (χ2v) is 5.24. The maximum Gasteiger partial charge on any atom is 0.303 e. The molecule has 1 aromatic carbocycles. The van der Waals surface area contributed by atoms with E-state index in [0.29, 0.717) is 10.6 Å². The number of benzene rings is 1. The van der Waals surface area contributed by atoms with E-state index in [4.69, 9.17) is 16.3 Å². The van der Waals surface area contributed by atoms with Gasteiger partial charge in [-0.3, -0.25) is 9.59 Å². The van der Waals surface area contributed by atoms with Gasteiger partial charge < -0.3 is 4.74 Å². The summed E-state index contributed by atoms with van der Waals surface area (Å²) in [5.41, 5.74) is 0.997. The number of ether oxygens (including phenoxy) is 1. The smallest absolute Gasteiger partial charge is 0.303 e. The molecule has 0 radical (unpaired) electrons. The minimum absolute atomic E-state index is 0.236. The van der Waals surface area contributed by atoms with Crippen LogP contribution in [-0.4, -0.2) is 17.4 Å². The molecule has 0 aliphatic carbocycles. The highest BCUT2D eigenvalue weighted by Crippen LogP contribution is 2.25. The molecule has 0 fully saturated rings. The van der Waals surface area contributed by atoms with Gasteiger partial charge in [0.05, 0.1) is 0 Å². The normalized spacial score (nSPS) is 11.2. The van der Waals surface area contributed by atoms with Gasteiger partial charge in [0.25, 0.3) is 0 Å². The third kappa shape index (κ3) is 3.10. The molecule has 18 heavy (non-hydrogen) atoms. The quantitative estimate of drug-likeness (QED) is 0.623. The zero-order valence-electron chi connectivity index (χ0n) is 11.3. The van der Waals surface area contributed by atoms with Crippen molar-refractivity contribution in [2.75, 3.05) is 0 Å². The van der Waals surface area contributed by atoms with Gasteiger partial charge in [0.1, 0.15) is 0 Å². The van der Waals surface area contributed by atoms with E-state index in [1.807, 2.05) is 13.8 Å². The first-order chi connectivity index (χ1) is 8.15. The summed E-state index contributed by atoms with van der Waals surface area (Å²) < 4.78 is 5.04. The summed E-state index contributed by atoms with van der Waals surface area (Å²) in [7, 11) is 0. The molecule has 0 spiro atoms. The van der Waals surface area contributed by atoms with Crippen molar-refractivity contribution in [1.29, 1.82) is 0 Å². The van der Waals surface area contributed by atoms with Crippen molar-refractivity contribution < 1.29 is 14.3 Å². The van der Waals surface area contributed by atoms with Gasteiger partial charge in [-0.1, -0.05) is 11.6 Å². The lowest BCUT2D eigenvalue weighted by atomic mass is 9.94. The number of hydrogen-bond acceptors (Lipinski definition) is 3. The van der Waals surface area contributed by atoms with Crippen molar-refractivity contribution >= 4 is 23.4 Å². The molecule has 0 amide bonds. The Bertz CT molecular complexity index is 481. The first kappa shape index (κ1) is 14.7. The van der Waals surface area contributed by atoms with Crippen molar-refractivity contribution in [2.45, 2.75) is 40.2 Å². The van der Waals surface area contributed by atoms with Gasteiger partial charge in [0.15, 0.2) is 5.60 Å². The third-order valence-electron chi connectivity index (χ3n) is 2.64. The molecule has 0 aliphatic rings. The van der Waals surface area contributed by atoms with E-state index < -0.39 is 11.6 Å². The Kier molecular flexibility index (Phi) is 4.17. The van der Waals surface area contributed by atoms with Crippen LogP contribution >= 0.6 is 11.6 Å². The molecule has 0 bridgehead atoms. The highest BCUT2D eigenvalue weighted by Gasteiger charge is 2.32. The topological polar surface area (TPSA) is 43.4 Å². The minimum atomic E-state index is -1.17. The van der Waals surface area contributed by atoms with Crippen LogP contribution < -0.4 is 0 Å². The molecule has 0 N–H and O–H groups in total. The number of esters is 1. The highest BCUT2D eigenvalue weighted by molar-refractivity contribution is 6.32. The summed E-state index contributed by atoms with van der Waals surface area (Å²) in [6, 6.07) is 3.42. The van der Waals surface area contributed by atoms with Gasteiger partial charge in [-0.2, -0.15) is 0 Å². The van der Waals surface area contributed by atoms with E-state index in [9.17, 15) is 9.59 Å².